The Labute approximate surface area is 190 Å². The summed E-state index contributed by atoms with van der Waals surface area (Å²) in [6.45, 7) is 14.8. The Balaban J connectivity index is 2.35. The Bertz CT molecular complexity index is 976. The summed E-state index contributed by atoms with van der Waals surface area (Å²) in [5.41, 5.74) is 0.129. The van der Waals surface area contributed by atoms with Crippen LogP contribution in [0.1, 0.15) is 10.4 Å². The maximum atomic E-state index is 13.2. The van der Waals surface area contributed by atoms with Crippen LogP contribution in [0.2, 0.25) is 56.5 Å². The molecule has 0 N–H and O–H groups in total. The van der Waals surface area contributed by atoms with E-state index >= 15 is 0 Å². The second-order valence-electron chi connectivity index (χ2n) is 10.00. The number of nitrogens with zero attached hydrogens (tertiary/aromatic N) is 3. The molecule has 31 heavy (non-hydrogen) atoms. The minimum atomic E-state index is -1.27. The van der Waals surface area contributed by atoms with E-state index in [0.29, 0.717) is 13.2 Å². The highest BCUT2D eigenvalue weighted by Gasteiger charge is 2.26. The monoisotopic (exact) mass is 487 g/mol. The number of rotatable bonds is 11. The molecule has 0 aromatic carbocycles. The predicted molar refractivity (Wildman–Crippen MR) is 129 cm³/mol. The van der Waals surface area contributed by atoms with Crippen molar-refractivity contribution in [2.75, 3.05) is 20.3 Å². The molecule has 0 atom stereocenters. The van der Waals surface area contributed by atoms with E-state index in [-0.39, 0.29) is 40.8 Å². The third-order valence-electron chi connectivity index (χ3n) is 4.80. The van der Waals surface area contributed by atoms with Gasteiger partial charge in [0.1, 0.15) is 41.5 Å². The van der Waals surface area contributed by atoms with Crippen molar-refractivity contribution in [1.82, 2.24) is 14.1 Å². The average molecular weight is 488 g/mol. The van der Waals surface area contributed by atoms with Crippen molar-refractivity contribution in [3.63, 3.8) is 0 Å². The third-order valence-corrected chi connectivity index (χ3v) is 8.60. The molecule has 0 bridgehead atoms. The van der Waals surface area contributed by atoms with Crippen LogP contribution in [0.5, 0.6) is 0 Å². The lowest BCUT2D eigenvalue weighted by Crippen LogP contribution is -2.26. The van der Waals surface area contributed by atoms with Gasteiger partial charge in [0.2, 0.25) is 0 Å². The van der Waals surface area contributed by atoms with Crippen LogP contribution >= 0.6 is 11.6 Å². The number of ether oxygens (including phenoxy) is 3. The quantitative estimate of drug-likeness (QED) is 0.267. The van der Waals surface area contributed by atoms with Crippen LogP contribution in [-0.4, -0.2) is 56.6 Å². The van der Waals surface area contributed by atoms with E-state index in [1.54, 1.807) is 0 Å². The molecule has 2 aromatic heterocycles. The topological polar surface area (TPSA) is 84.6 Å². The zero-order valence-corrected chi connectivity index (χ0v) is 22.3. The zero-order chi connectivity index (χ0) is 23.4. The SMILES string of the molecule is COC(=O)c1c(Cl)n(COCC[Si](C)(C)C)c2c(=O)n(COCC[Si](C)(C)C)cnc12. The first-order valence-corrected chi connectivity index (χ1v) is 18.2. The molecule has 0 amide bonds. The van der Waals surface area contributed by atoms with E-state index in [1.807, 2.05) is 0 Å². The fourth-order valence-corrected chi connectivity index (χ4v) is 4.62. The van der Waals surface area contributed by atoms with Crippen LogP contribution in [0.15, 0.2) is 11.1 Å². The van der Waals surface area contributed by atoms with Gasteiger partial charge in [-0.25, -0.2) is 9.78 Å². The van der Waals surface area contributed by atoms with Gasteiger partial charge < -0.3 is 18.8 Å². The summed E-state index contributed by atoms with van der Waals surface area (Å²) in [6, 6.07) is 1.97. The van der Waals surface area contributed by atoms with E-state index in [9.17, 15) is 9.59 Å². The summed E-state index contributed by atoms with van der Waals surface area (Å²) in [6.07, 6.45) is 1.37. The summed E-state index contributed by atoms with van der Waals surface area (Å²) >= 11 is 6.47. The van der Waals surface area contributed by atoms with Crippen LogP contribution in [0.25, 0.3) is 11.0 Å². The molecule has 0 aliphatic carbocycles. The average Bonchev–Trinajstić information content (AvgIpc) is 2.94. The number of methoxy groups -OCH3 is 1. The molecule has 0 aliphatic heterocycles. The van der Waals surface area contributed by atoms with Gasteiger partial charge in [0.15, 0.2) is 0 Å². The number of carbonyl (C=O) groups excluding carboxylic acids is 1. The van der Waals surface area contributed by atoms with Gasteiger partial charge in [-0.3, -0.25) is 9.36 Å². The lowest BCUT2D eigenvalue weighted by Gasteiger charge is -2.16. The molecule has 174 valence electrons. The minimum Gasteiger partial charge on any atom is -0.465 e. The van der Waals surface area contributed by atoms with E-state index in [0.717, 1.165) is 12.1 Å². The first kappa shape index (κ1) is 25.8. The van der Waals surface area contributed by atoms with Crippen LogP contribution in [-0.2, 0) is 27.7 Å². The van der Waals surface area contributed by atoms with Gasteiger partial charge in [0.25, 0.3) is 5.56 Å². The number of halogens is 1. The van der Waals surface area contributed by atoms with Crippen molar-refractivity contribution in [1.29, 1.82) is 0 Å². The molecule has 2 heterocycles. The van der Waals surface area contributed by atoms with Crippen molar-refractivity contribution < 1.29 is 19.0 Å². The lowest BCUT2D eigenvalue weighted by atomic mass is 10.3. The second-order valence-corrected chi connectivity index (χ2v) is 21.6. The largest absolute Gasteiger partial charge is 0.465 e. The summed E-state index contributed by atoms with van der Waals surface area (Å²) in [7, 11) is -1.23. The molecule has 0 radical (unpaired) electrons. The first-order chi connectivity index (χ1) is 14.4. The minimum absolute atomic E-state index is 0.0498. The highest BCUT2D eigenvalue weighted by molar-refractivity contribution is 6.76. The summed E-state index contributed by atoms with van der Waals surface area (Å²) in [5, 5.41) is 0.0804. The third kappa shape index (κ3) is 7.01. The molecule has 0 unspecified atom stereocenters. The Hall–Kier alpha value is -1.47. The fraction of sp³-hybridized carbons (Fsp3) is 0.650. The molecule has 0 saturated carbocycles. The Morgan fingerprint density at radius 3 is 2.10 bits per heavy atom. The van der Waals surface area contributed by atoms with Crippen molar-refractivity contribution >= 4 is 44.8 Å². The maximum Gasteiger partial charge on any atom is 0.343 e. The van der Waals surface area contributed by atoms with Gasteiger partial charge in [0, 0.05) is 29.4 Å². The van der Waals surface area contributed by atoms with E-state index in [1.165, 1.54) is 22.6 Å². The lowest BCUT2D eigenvalue weighted by molar-refractivity contribution is 0.0601. The van der Waals surface area contributed by atoms with Gasteiger partial charge in [-0.2, -0.15) is 0 Å². The number of hydrogen-bond acceptors (Lipinski definition) is 6. The molecule has 0 saturated heterocycles. The number of carbonyl (C=O) groups is 1. The van der Waals surface area contributed by atoms with Crippen molar-refractivity contribution in [3.8, 4) is 0 Å². The molecule has 2 aromatic rings. The Morgan fingerprint density at radius 1 is 1.03 bits per heavy atom. The van der Waals surface area contributed by atoms with Crippen molar-refractivity contribution in [2.24, 2.45) is 0 Å². The molecule has 2 rings (SSSR count). The van der Waals surface area contributed by atoms with Crippen LogP contribution < -0.4 is 5.56 Å². The molecule has 0 spiro atoms. The summed E-state index contributed by atoms with van der Waals surface area (Å²) in [4.78, 5) is 29.8. The number of hydrogen-bond donors (Lipinski definition) is 0. The van der Waals surface area contributed by atoms with E-state index < -0.39 is 22.1 Å². The summed E-state index contributed by atoms with van der Waals surface area (Å²) < 4.78 is 19.2. The molecular weight excluding hydrogens is 454 g/mol. The highest BCUT2D eigenvalue weighted by Crippen LogP contribution is 2.27. The molecule has 0 aliphatic rings. The van der Waals surface area contributed by atoms with Gasteiger partial charge >= 0.3 is 5.97 Å². The van der Waals surface area contributed by atoms with Gasteiger partial charge in [-0.1, -0.05) is 50.9 Å². The number of aromatic nitrogens is 3. The van der Waals surface area contributed by atoms with E-state index in [2.05, 4.69) is 44.3 Å². The first-order valence-electron chi connectivity index (χ1n) is 10.4. The van der Waals surface area contributed by atoms with Gasteiger partial charge in [0.05, 0.1) is 7.11 Å². The van der Waals surface area contributed by atoms with Gasteiger partial charge in [-0.15, -0.1) is 0 Å². The number of esters is 1. The van der Waals surface area contributed by atoms with Gasteiger partial charge in [-0.05, 0) is 12.1 Å². The van der Waals surface area contributed by atoms with Crippen LogP contribution in [0.3, 0.4) is 0 Å². The zero-order valence-electron chi connectivity index (χ0n) is 19.6. The standard InChI is InChI=1S/C20H34ClN3O5Si2/c1-27-20(26)15-16-17(24(18(15)21)14-29-9-11-31(5,6)7)19(25)23(12-22-16)13-28-8-10-30(2,3)4/h12H,8-11,13-14H2,1-7H3. The second kappa shape index (κ2) is 10.4. The smallest absolute Gasteiger partial charge is 0.343 e. The molecule has 8 nitrogen and oxygen atoms in total. The van der Waals surface area contributed by atoms with Crippen molar-refractivity contribution in [2.45, 2.75) is 64.8 Å². The van der Waals surface area contributed by atoms with E-state index in [4.69, 9.17) is 25.8 Å². The highest BCUT2D eigenvalue weighted by atomic mass is 35.5. The molecular formula is C20H34ClN3O5Si2. The number of fused-ring (bicyclic) bond motifs is 1. The molecule has 0 fully saturated rings. The maximum absolute atomic E-state index is 13.2. The van der Waals surface area contributed by atoms with Crippen molar-refractivity contribution in [3.05, 3.63) is 27.4 Å². The molecule has 11 heteroatoms. The Morgan fingerprint density at radius 2 is 1.58 bits per heavy atom. The summed E-state index contributed by atoms with van der Waals surface area (Å²) in [5.74, 6) is -0.646. The van der Waals surface area contributed by atoms with Crippen LogP contribution in [0.4, 0.5) is 0 Å². The van der Waals surface area contributed by atoms with Crippen LogP contribution in [0, 0.1) is 0 Å². The fourth-order valence-electron chi connectivity index (χ4n) is 2.81. The predicted octanol–water partition coefficient (Wildman–Crippen LogP) is 4.26. The normalized spacial score (nSPS) is 12.5. The Kier molecular flexibility index (Phi) is 8.68.